The summed E-state index contributed by atoms with van der Waals surface area (Å²) in [5, 5.41) is 0. The first-order valence-electron chi connectivity index (χ1n) is 9.14. The number of amides is 1. The summed E-state index contributed by atoms with van der Waals surface area (Å²) in [5.74, 6) is 0. The first-order chi connectivity index (χ1) is 11.7. The van der Waals surface area contributed by atoms with Crippen molar-refractivity contribution < 1.29 is 18.8 Å². The van der Waals surface area contributed by atoms with E-state index in [2.05, 4.69) is 0 Å². The molecule has 5 nitrogen and oxygen atoms in total. The Kier molecular flexibility index (Phi) is 5.51. The van der Waals surface area contributed by atoms with Gasteiger partial charge in [0, 0.05) is 12.6 Å². The lowest BCUT2D eigenvalue weighted by molar-refractivity contribution is 0.00578. The van der Waals surface area contributed by atoms with Crippen molar-refractivity contribution in [2.24, 2.45) is 0 Å². The highest BCUT2D eigenvalue weighted by Crippen LogP contribution is 2.36. The zero-order valence-corrected chi connectivity index (χ0v) is 17.5. The van der Waals surface area contributed by atoms with Crippen LogP contribution in [-0.4, -0.2) is 41.9 Å². The molecule has 2 rings (SSSR count). The normalized spacial score (nSPS) is 20.0. The minimum Gasteiger partial charge on any atom is -0.442 e. The van der Waals surface area contributed by atoms with Crippen LogP contribution in [0.4, 0.5) is 4.79 Å². The van der Waals surface area contributed by atoms with Crippen LogP contribution < -0.4 is 5.46 Å². The SMILES string of the molecule is C[C@H](OC(=O)N(C)C(C)(C)C)c1ccc(B2OC(C)(C)C(C)(C)O2)cc1. The van der Waals surface area contributed by atoms with E-state index in [0.29, 0.717) is 0 Å². The third-order valence-electron chi connectivity index (χ3n) is 5.49. The Morgan fingerprint density at radius 3 is 1.96 bits per heavy atom. The lowest BCUT2D eigenvalue weighted by Gasteiger charge is -2.32. The number of ether oxygens (including phenoxy) is 1. The molecule has 1 amide bonds. The molecule has 0 bridgehead atoms. The van der Waals surface area contributed by atoms with E-state index in [4.69, 9.17) is 14.0 Å². The Morgan fingerprint density at radius 1 is 1.08 bits per heavy atom. The molecule has 6 heteroatoms. The molecule has 0 aliphatic carbocycles. The number of rotatable bonds is 3. The fraction of sp³-hybridized carbons (Fsp3) is 0.650. The Morgan fingerprint density at radius 2 is 1.54 bits per heavy atom. The summed E-state index contributed by atoms with van der Waals surface area (Å²) in [6.07, 6.45) is -0.667. The lowest BCUT2D eigenvalue weighted by atomic mass is 9.78. The van der Waals surface area contributed by atoms with E-state index in [-0.39, 0.29) is 36.1 Å². The maximum atomic E-state index is 12.3. The predicted molar refractivity (Wildman–Crippen MR) is 105 cm³/mol. The lowest BCUT2D eigenvalue weighted by Crippen LogP contribution is -2.43. The van der Waals surface area contributed by atoms with Crippen LogP contribution in [-0.2, 0) is 14.0 Å². The molecule has 0 N–H and O–H groups in total. The molecule has 1 fully saturated rings. The standard InChI is InChI=1S/C20H32BNO4/c1-14(24-17(23)22(9)18(2,3)4)15-10-12-16(13-11-15)21-25-19(5,6)20(7,8)26-21/h10-14H,1-9H3/t14-/m0/s1. The van der Waals surface area contributed by atoms with Gasteiger partial charge in [-0.05, 0) is 66.4 Å². The molecule has 1 heterocycles. The summed E-state index contributed by atoms with van der Waals surface area (Å²) in [6, 6.07) is 7.84. The largest absolute Gasteiger partial charge is 0.494 e. The van der Waals surface area contributed by atoms with Gasteiger partial charge >= 0.3 is 13.2 Å². The first kappa shape index (κ1) is 20.8. The highest BCUT2D eigenvalue weighted by molar-refractivity contribution is 6.62. The Balaban J connectivity index is 2.05. The van der Waals surface area contributed by atoms with Crippen LogP contribution in [0.5, 0.6) is 0 Å². The smallest absolute Gasteiger partial charge is 0.442 e. The van der Waals surface area contributed by atoms with Crippen molar-refractivity contribution in [2.75, 3.05) is 7.05 Å². The Hall–Kier alpha value is -1.53. The van der Waals surface area contributed by atoms with Gasteiger partial charge in [-0.1, -0.05) is 24.3 Å². The summed E-state index contributed by atoms with van der Waals surface area (Å²) in [7, 11) is 1.36. The van der Waals surface area contributed by atoms with Crippen LogP contribution >= 0.6 is 0 Å². The Labute approximate surface area is 158 Å². The fourth-order valence-corrected chi connectivity index (χ4v) is 2.48. The van der Waals surface area contributed by atoms with Crippen molar-refractivity contribution in [3.8, 4) is 0 Å². The van der Waals surface area contributed by atoms with Crippen molar-refractivity contribution in [1.82, 2.24) is 4.90 Å². The number of hydrogen-bond acceptors (Lipinski definition) is 4. The molecule has 1 aliphatic heterocycles. The Bertz CT molecular complexity index is 633. The molecule has 0 aromatic heterocycles. The van der Waals surface area contributed by atoms with Crippen LogP contribution in [0.1, 0.15) is 67.1 Å². The second-order valence-electron chi connectivity index (χ2n) is 9.01. The number of nitrogens with zero attached hydrogens (tertiary/aromatic N) is 1. The van der Waals surface area contributed by atoms with E-state index < -0.39 is 0 Å². The van der Waals surface area contributed by atoms with E-state index in [1.165, 1.54) is 0 Å². The molecule has 0 radical (unpaired) electrons. The van der Waals surface area contributed by atoms with E-state index in [0.717, 1.165) is 11.0 Å². The molecule has 0 unspecified atom stereocenters. The quantitative estimate of drug-likeness (QED) is 0.766. The molecular formula is C20H32BNO4. The van der Waals surface area contributed by atoms with Crippen LogP contribution in [0.15, 0.2) is 24.3 Å². The first-order valence-corrected chi connectivity index (χ1v) is 9.14. The van der Waals surface area contributed by atoms with Gasteiger partial charge in [0.15, 0.2) is 0 Å². The van der Waals surface area contributed by atoms with Gasteiger partial charge in [0.25, 0.3) is 0 Å². The molecule has 144 valence electrons. The van der Waals surface area contributed by atoms with Gasteiger partial charge in [-0.3, -0.25) is 0 Å². The maximum absolute atomic E-state index is 12.3. The third-order valence-corrected chi connectivity index (χ3v) is 5.49. The minimum atomic E-state index is -0.390. The van der Waals surface area contributed by atoms with E-state index in [1.807, 2.05) is 79.7 Å². The number of hydrogen-bond donors (Lipinski definition) is 0. The van der Waals surface area contributed by atoms with Crippen LogP contribution in [0, 0.1) is 0 Å². The van der Waals surface area contributed by atoms with Gasteiger partial charge in [-0.2, -0.15) is 0 Å². The highest BCUT2D eigenvalue weighted by atomic mass is 16.7. The van der Waals surface area contributed by atoms with Crippen LogP contribution in [0.2, 0.25) is 0 Å². The molecule has 26 heavy (non-hydrogen) atoms. The van der Waals surface area contributed by atoms with Crippen LogP contribution in [0.3, 0.4) is 0 Å². The summed E-state index contributed by atoms with van der Waals surface area (Å²) in [4.78, 5) is 13.9. The molecule has 1 saturated heterocycles. The molecule has 1 aromatic rings. The summed E-state index contributed by atoms with van der Waals surface area (Å²) in [5.41, 5.74) is 0.879. The monoisotopic (exact) mass is 361 g/mol. The van der Waals surface area contributed by atoms with Crippen molar-refractivity contribution in [3.05, 3.63) is 29.8 Å². The van der Waals surface area contributed by atoms with Gasteiger partial charge < -0.3 is 18.9 Å². The van der Waals surface area contributed by atoms with Gasteiger partial charge in [-0.15, -0.1) is 0 Å². The number of carbonyl (C=O) groups is 1. The molecule has 0 spiro atoms. The summed E-state index contributed by atoms with van der Waals surface area (Å²) in [6.45, 7) is 15.9. The van der Waals surface area contributed by atoms with Gasteiger partial charge in [0.1, 0.15) is 6.10 Å². The van der Waals surface area contributed by atoms with E-state index >= 15 is 0 Å². The topological polar surface area (TPSA) is 48.0 Å². The van der Waals surface area contributed by atoms with Crippen molar-refractivity contribution in [3.63, 3.8) is 0 Å². The van der Waals surface area contributed by atoms with Gasteiger partial charge in [-0.25, -0.2) is 4.79 Å². The van der Waals surface area contributed by atoms with E-state index in [1.54, 1.807) is 11.9 Å². The summed E-state index contributed by atoms with van der Waals surface area (Å²) < 4.78 is 17.7. The molecule has 1 aliphatic rings. The number of carbonyl (C=O) groups excluding carboxylic acids is 1. The average molecular weight is 361 g/mol. The molecule has 1 aromatic carbocycles. The van der Waals surface area contributed by atoms with Crippen molar-refractivity contribution in [2.45, 2.75) is 78.2 Å². The second-order valence-corrected chi connectivity index (χ2v) is 9.01. The summed E-state index contributed by atoms with van der Waals surface area (Å²) >= 11 is 0. The van der Waals surface area contributed by atoms with Crippen LogP contribution in [0.25, 0.3) is 0 Å². The molecular weight excluding hydrogens is 329 g/mol. The zero-order chi connectivity index (χ0) is 19.9. The third kappa shape index (κ3) is 4.23. The van der Waals surface area contributed by atoms with Crippen molar-refractivity contribution >= 4 is 18.7 Å². The average Bonchev–Trinajstić information content (AvgIpc) is 2.73. The zero-order valence-electron chi connectivity index (χ0n) is 17.5. The minimum absolute atomic E-state index is 0.280. The predicted octanol–water partition coefficient (Wildman–Crippen LogP) is 3.91. The molecule has 0 saturated carbocycles. The molecule has 1 atom stereocenters. The highest BCUT2D eigenvalue weighted by Gasteiger charge is 2.51. The maximum Gasteiger partial charge on any atom is 0.494 e. The van der Waals surface area contributed by atoms with Crippen molar-refractivity contribution in [1.29, 1.82) is 0 Å². The van der Waals surface area contributed by atoms with E-state index in [9.17, 15) is 4.79 Å². The number of benzene rings is 1. The fourth-order valence-electron chi connectivity index (χ4n) is 2.48. The van der Waals surface area contributed by atoms with Gasteiger partial charge in [0.05, 0.1) is 11.2 Å². The second kappa shape index (κ2) is 6.89. The van der Waals surface area contributed by atoms with Gasteiger partial charge in [0.2, 0.25) is 0 Å².